The van der Waals surface area contributed by atoms with Gasteiger partial charge < -0.3 is 10.5 Å². The summed E-state index contributed by atoms with van der Waals surface area (Å²) < 4.78 is 5.59. The third-order valence-electron chi connectivity index (χ3n) is 2.07. The van der Waals surface area contributed by atoms with Crippen molar-refractivity contribution in [3.63, 3.8) is 0 Å². The zero-order valence-corrected chi connectivity index (χ0v) is 9.49. The average molecular weight is 205 g/mol. The van der Waals surface area contributed by atoms with Crippen molar-refractivity contribution in [1.29, 1.82) is 0 Å². The minimum absolute atomic E-state index is 0.633. The molecular formula is C13H19NO. The van der Waals surface area contributed by atoms with E-state index in [2.05, 4.69) is 26.0 Å². The summed E-state index contributed by atoms with van der Waals surface area (Å²) in [6, 6.07) is 8.09. The molecule has 0 atom stereocenters. The summed E-state index contributed by atoms with van der Waals surface area (Å²) in [5.74, 6) is 0.915. The molecule has 0 spiro atoms. The number of allylic oxidation sites excluding steroid dienone is 1. The molecule has 1 rings (SSSR count). The van der Waals surface area contributed by atoms with Crippen molar-refractivity contribution < 1.29 is 4.74 Å². The highest BCUT2D eigenvalue weighted by atomic mass is 16.5. The van der Waals surface area contributed by atoms with Crippen LogP contribution in [0.2, 0.25) is 0 Å². The molecule has 1 aromatic carbocycles. The largest absolute Gasteiger partial charge is 0.490 e. The first kappa shape index (κ1) is 11.8. The summed E-state index contributed by atoms with van der Waals surface area (Å²) in [4.78, 5) is 0. The second kappa shape index (κ2) is 6.25. The van der Waals surface area contributed by atoms with Gasteiger partial charge in [-0.1, -0.05) is 17.7 Å². The van der Waals surface area contributed by atoms with Gasteiger partial charge in [0.2, 0.25) is 0 Å². The Balaban J connectivity index is 2.53. The van der Waals surface area contributed by atoms with Crippen LogP contribution in [0.25, 0.3) is 0 Å². The summed E-state index contributed by atoms with van der Waals surface area (Å²) >= 11 is 0. The molecule has 2 nitrogen and oxygen atoms in total. The van der Waals surface area contributed by atoms with Crippen molar-refractivity contribution >= 4 is 0 Å². The number of hydrogen-bond donors (Lipinski definition) is 1. The maximum atomic E-state index is 5.59. The van der Waals surface area contributed by atoms with Crippen LogP contribution in [-0.4, -0.2) is 13.2 Å². The van der Waals surface area contributed by atoms with Crippen LogP contribution in [0.4, 0.5) is 0 Å². The van der Waals surface area contributed by atoms with Gasteiger partial charge in [-0.25, -0.2) is 0 Å². The molecule has 2 N–H and O–H groups in total. The standard InChI is InChI=1S/C13H19NO/c1-11(2)7-9-15-13-5-3-4-12(10-13)6-8-14/h3-5,7,10H,6,8-9,14H2,1-2H3. The van der Waals surface area contributed by atoms with E-state index in [1.807, 2.05) is 18.2 Å². The maximum Gasteiger partial charge on any atom is 0.120 e. The van der Waals surface area contributed by atoms with E-state index in [-0.39, 0.29) is 0 Å². The highest BCUT2D eigenvalue weighted by Gasteiger charge is 1.95. The molecule has 0 aromatic heterocycles. The van der Waals surface area contributed by atoms with E-state index in [4.69, 9.17) is 10.5 Å². The zero-order valence-electron chi connectivity index (χ0n) is 9.49. The Labute approximate surface area is 91.7 Å². The Kier molecular flexibility index (Phi) is 4.91. The Bertz CT molecular complexity index is 327. The van der Waals surface area contributed by atoms with Crippen LogP contribution in [0.15, 0.2) is 35.9 Å². The van der Waals surface area contributed by atoms with E-state index < -0.39 is 0 Å². The van der Waals surface area contributed by atoms with Crippen LogP contribution >= 0.6 is 0 Å². The maximum absolute atomic E-state index is 5.59. The number of benzene rings is 1. The Morgan fingerprint density at radius 1 is 1.40 bits per heavy atom. The Hall–Kier alpha value is -1.28. The van der Waals surface area contributed by atoms with E-state index in [9.17, 15) is 0 Å². The smallest absolute Gasteiger partial charge is 0.120 e. The van der Waals surface area contributed by atoms with E-state index in [1.54, 1.807) is 0 Å². The van der Waals surface area contributed by atoms with Crippen molar-refractivity contribution in [2.75, 3.05) is 13.2 Å². The summed E-state index contributed by atoms with van der Waals surface area (Å²) in [6.07, 6.45) is 2.97. The summed E-state index contributed by atoms with van der Waals surface area (Å²) in [6.45, 7) is 5.44. The van der Waals surface area contributed by atoms with E-state index in [0.717, 1.165) is 12.2 Å². The van der Waals surface area contributed by atoms with Crippen LogP contribution in [0.5, 0.6) is 5.75 Å². The van der Waals surface area contributed by atoms with Gasteiger partial charge in [-0.3, -0.25) is 0 Å². The van der Waals surface area contributed by atoms with Gasteiger partial charge in [0.05, 0.1) is 0 Å². The van der Waals surface area contributed by atoms with Crippen LogP contribution in [0.3, 0.4) is 0 Å². The lowest BCUT2D eigenvalue weighted by Gasteiger charge is -2.05. The lowest BCUT2D eigenvalue weighted by Crippen LogP contribution is -2.03. The lowest BCUT2D eigenvalue weighted by atomic mass is 10.1. The van der Waals surface area contributed by atoms with Gasteiger partial charge in [-0.2, -0.15) is 0 Å². The third kappa shape index (κ3) is 4.66. The van der Waals surface area contributed by atoms with Gasteiger partial charge in [0.1, 0.15) is 12.4 Å². The first-order chi connectivity index (χ1) is 7.22. The molecule has 0 radical (unpaired) electrons. The van der Waals surface area contributed by atoms with Crippen LogP contribution < -0.4 is 10.5 Å². The van der Waals surface area contributed by atoms with Gasteiger partial charge >= 0.3 is 0 Å². The number of nitrogens with two attached hydrogens (primary N) is 1. The van der Waals surface area contributed by atoms with Gasteiger partial charge in [-0.15, -0.1) is 0 Å². The molecule has 0 saturated carbocycles. The second-order valence-corrected chi connectivity index (χ2v) is 3.78. The molecule has 0 aliphatic carbocycles. The van der Waals surface area contributed by atoms with Gasteiger partial charge in [0.15, 0.2) is 0 Å². The molecule has 15 heavy (non-hydrogen) atoms. The van der Waals surface area contributed by atoms with E-state index in [1.165, 1.54) is 11.1 Å². The molecule has 2 heteroatoms. The molecule has 1 aromatic rings. The number of rotatable bonds is 5. The van der Waals surface area contributed by atoms with Gasteiger partial charge in [0, 0.05) is 0 Å². The Morgan fingerprint density at radius 3 is 2.87 bits per heavy atom. The molecule has 0 aliphatic heterocycles. The SMILES string of the molecule is CC(C)=CCOc1cccc(CCN)c1. The second-order valence-electron chi connectivity index (χ2n) is 3.78. The van der Waals surface area contributed by atoms with Crippen molar-refractivity contribution in [3.05, 3.63) is 41.5 Å². The number of ether oxygens (including phenoxy) is 1. The van der Waals surface area contributed by atoms with E-state index in [0.29, 0.717) is 13.2 Å². The monoisotopic (exact) mass is 205 g/mol. The molecule has 0 aliphatic rings. The summed E-state index contributed by atoms with van der Waals surface area (Å²) in [5.41, 5.74) is 8.00. The topological polar surface area (TPSA) is 35.2 Å². The third-order valence-corrected chi connectivity index (χ3v) is 2.07. The minimum Gasteiger partial charge on any atom is -0.490 e. The van der Waals surface area contributed by atoms with Crippen molar-refractivity contribution in [1.82, 2.24) is 0 Å². The van der Waals surface area contributed by atoms with Crippen LogP contribution in [-0.2, 0) is 6.42 Å². The predicted molar refractivity (Wildman–Crippen MR) is 64.1 cm³/mol. The molecule has 0 heterocycles. The van der Waals surface area contributed by atoms with Crippen molar-refractivity contribution in [3.8, 4) is 5.75 Å². The Morgan fingerprint density at radius 2 is 2.20 bits per heavy atom. The average Bonchev–Trinajstić information content (AvgIpc) is 2.18. The zero-order chi connectivity index (χ0) is 11.1. The van der Waals surface area contributed by atoms with Crippen LogP contribution in [0.1, 0.15) is 19.4 Å². The normalized spacial score (nSPS) is 9.80. The minimum atomic E-state index is 0.633. The molecule has 82 valence electrons. The van der Waals surface area contributed by atoms with Gasteiger partial charge in [-0.05, 0) is 50.6 Å². The van der Waals surface area contributed by atoms with Crippen molar-refractivity contribution in [2.24, 2.45) is 5.73 Å². The fourth-order valence-corrected chi connectivity index (χ4v) is 1.26. The highest BCUT2D eigenvalue weighted by Crippen LogP contribution is 2.13. The molecular weight excluding hydrogens is 186 g/mol. The lowest BCUT2D eigenvalue weighted by molar-refractivity contribution is 0.361. The molecule has 0 unspecified atom stereocenters. The first-order valence-electron chi connectivity index (χ1n) is 5.27. The number of hydrogen-bond acceptors (Lipinski definition) is 2. The molecule has 0 saturated heterocycles. The fourth-order valence-electron chi connectivity index (χ4n) is 1.26. The van der Waals surface area contributed by atoms with Gasteiger partial charge in [0.25, 0.3) is 0 Å². The summed E-state index contributed by atoms with van der Waals surface area (Å²) in [7, 11) is 0. The quantitative estimate of drug-likeness (QED) is 0.750. The molecule has 0 bridgehead atoms. The predicted octanol–water partition coefficient (Wildman–Crippen LogP) is 2.53. The highest BCUT2D eigenvalue weighted by molar-refractivity contribution is 5.28. The fraction of sp³-hybridized carbons (Fsp3) is 0.385. The van der Waals surface area contributed by atoms with E-state index >= 15 is 0 Å². The van der Waals surface area contributed by atoms with Crippen LogP contribution in [0, 0.1) is 0 Å². The molecule has 0 fully saturated rings. The summed E-state index contributed by atoms with van der Waals surface area (Å²) in [5, 5.41) is 0. The first-order valence-corrected chi connectivity index (χ1v) is 5.27. The molecule has 0 amide bonds. The van der Waals surface area contributed by atoms with Crippen molar-refractivity contribution in [2.45, 2.75) is 20.3 Å².